The Kier molecular flexibility index (Phi) is 3.73. The van der Waals surface area contributed by atoms with Crippen LogP contribution in [0.5, 0.6) is 0 Å². The average molecular weight is 329 g/mol. The predicted molar refractivity (Wildman–Crippen MR) is 92.0 cm³/mol. The van der Waals surface area contributed by atoms with Gasteiger partial charge in [0.25, 0.3) is 0 Å². The second-order valence-electron chi connectivity index (χ2n) is 8.66. The van der Waals surface area contributed by atoms with Gasteiger partial charge in [-0.15, -0.1) is 0 Å². The summed E-state index contributed by atoms with van der Waals surface area (Å²) in [4.78, 5) is 13.7. The molecule has 1 aromatic carbocycles. The van der Waals surface area contributed by atoms with Crippen molar-refractivity contribution >= 4 is 5.97 Å². The number of aromatic carboxylic acids is 1. The van der Waals surface area contributed by atoms with Crippen molar-refractivity contribution in [2.24, 2.45) is 11.8 Å². The Hall–Kier alpha value is -1.39. The van der Waals surface area contributed by atoms with Crippen molar-refractivity contribution in [2.45, 2.75) is 57.3 Å². The Balaban J connectivity index is 1.55. The number of rotatable bonds is 3. The zero-order valence-electron chi connectivity index (χ0n) is 14.6. The standard InChI is InChI=1S/C20H27NO3/c1-19(2)12-21(11-15-4-3-5-16(8-15)18(22)23)13-20(24-19)10-14-6-7-17(20)9-14/h3-5,8,14,17H,6-7,9-13H2,1-2H3,(H,22,23)/t14-,17+,20+/m1/s1. The summed E-state index contributed by atoms with van der Waals surface area (Å²) in [6.45, 7) is 7.06. The zero-order valence-corrected chi connectivity index (χ0v) is 14.6. The molecular weight excluding hydrogens is 302 g/mol. The molecule has 24 heavy (non-hydrogen) atoms. The third-order valence-corrected chi connectivity index (χ3v) is 6.07. The molecule has 1 heterocycles. The summed E-state index contributed by atoms with van der Waals surface area (Å²) < 4.78 is 6.65. The smallest absolute Gasteiger partial charge is 0.335 e. The third-order valence-electron chi connectivity index (χ3n) is 6.07. The van der Waals surface area contributed by atoms with Crippen LogP contribution in [0.3, 0.4) is 0 Å². The maximum Gasteiger partial charge on any atom is 0.335 e. The first-order chi connectivity index (χ1) is 11.4. The zero-order chi connectivity index (χ0) is 16.9. The monoisotopic (exact) mass is 329 g/mol. The summed E-state index contributed by atoms with van der Waals surface area (Å²) in [5.41, 5.74) is 1.32. The summed E-state index contributed by atoms with van der Waals surface area (Å²) in [5, 5.41) is 9.20. The van der Waals surface area contributed by atoms with Gasteiger partial charge in [0.2, 0.25) is 0 Å². The number of carboxylic acid groups (broad SMARTS) is 1. The molecule has 130 valence electrons. The molecule has 2 saturated carbocycles. The Morgan fingerprint density at radius 3 is 2.83 bits per heavy atom. The van der Waals surface area contributed by atoms with E-state index in [1.165, 1.54) is 25.7 Å². The minimum absolute atomic E-state index is 0.0229. The first kappa shape index (κ1) is 16.1. The van der Waals surface area contributed by atoms with Gasteiger partial charge in [-0.2, -0.15) is 0 Å². The molecular formula is C20H27NO3. The van der Waals surface area contributed by atoms with Gasteiger partial charge in [0, 0.05) is 19.6 Å². The van der Waals surface area contributed by atoms with E-state index in [4.69, 9.17) is 4.74 Å². The highest BCUT2D eigenvalue weighted by Gasteiger charge is 2.56. The van der Waals surface area contributed by atoms with Gasteiger partial charge >= 0.3 is 5.97 Å². The molecule has 0 amide bonds. The quantitative estimate of drug-likeness (QED) is 0.921. The van der Waals surface area contributed by atoms with Crippen LogP contribution in [0, 0.1) is 11.8 Å². The van der Waals surface area contributed by atoms with E-state index in [1.54, 1.807) is 12.1 Å². The first-order valence-corrected chi connectivity index (χ1v) is 9.10. The lowest BCUT2D eigenvalue weighted by molar-refractivity contribution is -0.218. The molecule has 1 aliphatic heterocycles. The van der Waals surface area contributed by atoms with Gasteiger partial charge < -0.3 is 9.84 Å². The minimum atomic E-state index is -0.858. The number of carboxylic acids is 1. The molecule has 4 rings (SSSR count). The molecule has 1 spiro atoms. The van der Waals surface area contributed by atoms with Crippen LogP contribution in [0.4, 0.5) is 0 Å². The molecule has 3 atom stereocenters. The number of benzene rings is 1. The molecule has 1 saturated heterocycles. The lowest BCUT2D eigenvalue weighted by Gasteiger charge is -2.52. The number of ether oxygens (including phenoxy) is 1. The molecule has 2 aliphatic carbocycles. The number of carbonyl (C=O) groups is 1. The highest BCUT2D eigenvalue weighted by Crippen LogP contribution is 2.55. The number of fused-ring (bicyclic) bond motifs is 3. The van der Waals surface area contributed by atoms with Crippen molar-refractivity contribution in [3.05, 3.63) is 35.4 Å². The predicted octanol–water partition coefficient (Wildman–Crippen LogP) is 3.55. The van der Waals surface area contributed by atoms with E-state index < -0.39 is 5.97 Å². The van der Waals surface area contributed by atoms with Gasteiger partial charge in [-0.25, -0.2) is 4.79 Å². The van der Waals surface area contributed by atoms with Crippen LogP contribution in [0.25, 0.3) is 0 Å². The van der Waals surface area contributed by atoms with Gasteiger partial charge in [-0.3, -0.25) is 4.90 Å². The molecule has 3 fully saturated rings. The number of morpholine rings is 1. The molecule has 0 radical (unpaired) electrons. The van der Waals surface area contributed by atoms with Gasteiger partial charge in [-0.1, -0.05) is 12.1 Å². The fourth-order valence-electron chi connectivity index (χ4n) is 5.47. The van der Waals surface area contributed by atoms with Crippen molar-refractivity contribution in [3.63, 3.8) is 0 Å². The molecule has 0 unspecified atom stereocenters. The Morgan fingerprint density at radius 1 is 1.33 bits per heavy atom. The van der Waals surface area contributed by atoms with E-state index >= 15 is 0 Å². The maximum absolute atomic E-state index is 11.2. The van der Waals surface area contributed by atoms with Crippen LogP contribution in [0.2, 0.25) is 0 Å². The topological polar surface area (TPSA) is 49.8 Å². The summed E-state index contributed by atoms with van der Waals surface area (Å²) in [6.07, 6.45) is 5.21. The fourth-order valence-corrected chi connectivity index (χ4v) is 5.47. The van der Waals surface area contributed by atoms with Crippen molar-refractivity contribution in [1.82, 2.24) is 4.90 Å². The van der Waals surface area contributed by atoms with E-state index in [0.717, 1.165) is 31.1 Å². The third kappa shape index (κ3) is 2.86. The Morgan fingerprint density at radius 2 is 2.17 bits per heavy atom. The van der Waals surface area contributed by atoms with Crippen molar-refractivity contribution < 1.29 is 14.6 Å². The van der Waals surface area contributed by atoms with E-state index in [2.05, 4.69) is 18.7 Å². The summed E-state index contributed by atoms with van der Waals surface area (Å²) in [5.74, 6) is 0.694. The molecule has 4 heteroatoms. The Labute approximate surface area is 143 Å². The van der Waals surface area contributed by atoms with Crippen molar-refractivity contribution in [2.75, 3.05) is 13.1 Å². The van der Waals surface area contributed by atoms with Crippen molar-refractivity contribution in [3.8, 4) is 0 Å². The van der Waals surface area contributed by atoms with Crippen LogP contribution >= 0.6 is 0 Å². The van der Waals surface area contributed by atoms with Gasteiger partial charge in [0.05, 0.1) is 16.8 Å². The second kappa shape index (κ2) is 5.57. The highest BCUT2D eigenvalue weighted by molar-refractivity contribution is 5.87. The number of nitrogens with zero attached hydrogens (tertiary/aromatic N) is 1. The van der Waals surface area contributed by atoms with Crippen LogP contribution < -0.4 is 0 Å². The fraction of sp³-hybridized carbons (Fsp3) is 0.650. The number of hydrogen-bond donors (Lipinski definition) is 1. The van der Waals surface area contributed by atoms with Crippen LogP contribution in [0.15, 0.2) is 24.3 Å². The summed E-state index contributed by atoms with van der Waals surface area (Å²) >= 11 is 0. The molecule has 0 aromatic heterocycles. The molecule has 1 N–H and O–H groups in total. The van der Waals surface area contributed by atoms with E-state index in [0.29, 0.717) is 11.5 Å². The molecule has 4 nitrogen and oxygen atoms in total. The van der Waals surface area contributed by atoms with Gasteiger partial charge in [0.1, 0.15) is 0 Å². The van der Waals surface area contributed by atoms with E-state index in [9.17, 15) is 9.90 Å². The molecule has 2 bridgehead atoms. The first-order valence-electron chi connectivity index (χ1n) is 9.10. The SMILES string of the molecule is CC1(C)CN(Cc2cccc(C(=O)O)c2)C[C@]2(C[C@@H]3CC[C@H]2C3)O1. The van der Waals surface area contributed by atoms with Gasteiger partial charge in [0.15, 0.2) is 0 Å². The lowest BCUT2D eigenvalue weighted by Crippen LogP contribution is -2.61. The average Bonchev–Trinajstić information content (AvgIpc) is 3.06. The summed E-state index contributed by atoms with van der Waals surface area (Å²) in [6, 6.07) is 7.34. The summed E-state index contributed by atoms with van der Waals surface area (Å²) in [7, 11) is 0. The van der Waals surface area contributed by atoms with E-state index in [-0.39, 0.29) is 11.2 Å². The van der Waals surface area contributed by atoms with Gasteiger partial charge in [-0.05, 0) is 69.1 Å². The molecule has 3 aliphatic rings. The molecule has 1 aromatic rings. The van der Waals surface area contributed by atoms with Crippen LogP contribution in [-0.2, 0) is 11.3 Å². The van der Waals surface area contributed by atoms with Crippen molar-refractivity contribution in [1.29, 1.82) is 0 Å². The highest BCUT2D eigenvalue weighted by atomic mass is 16.5. The normalized spacial score (nSPS) is 34.8. The van der Waals surface area contributed by atoms with E-state index in [1.807, 2.05) is 12.1 Å². The largest absolute Gasteiger partial charge is 0.478 e. The maximum atomic E-state index is 11.2. The Bertz CT molecular complexity index is 656. The lowest BCUT2D eigenvalue weighted by atomic mass is 9.81. The number of hydrogen-bond acceptors (Lipinski definition) is 3. The van der Waals surface area contributed by atoms with Crippen LogP contribution in [0.1, 0.15) is 55.5 Å². The van der Waals surface area contributed by atoms with Crippen LogP contribution in [-0.4, -0.2) is 40.3 Å². The second-order valence-corrected chi connectivity index (χ2v) is 8.66. The minimum Gasteiger partial charge on any atom is -0.478 e.